The van der Waals surface area contributed by atoms with E-state index in [-0.39, 0.29) is 5.91 Å². The highest BCUT2D eigenvalue weighted by Crippen LogP contribution is 2.25. The van der Waals surface area contributed by atoms with Gasteiger partial charge in [0.25, 0.3) is 5.91 Å². The molecule has 1 aliphatic rings. The van der Waals surface area contributed by atoms with Crippen LogP contribution in [0.25, 0.3) is 0 Å². The molecule has 4 nitrogen and oxygen atoms in total. The smallest absolute Gasteiger partial charge is 0.253 e. The van der Waals surface area contributed by atoms with Crippen molar-refractivity contribution >= 4 is 23.0 Å². The van der Waals surface area contributed by atoms with Gasteiger partial charge in [0, 0.05) is 24.3 Å². The van der Waals surface area contributed by atoms with Gasteiger partial charge in [0.15, 0.2) is 0 Å². The molecule has 0 saturated carbocycles. The number of carbonyl (C=O) groups is 1. The Morgan fingerprint density at radius 2 is 1.91 bits per heavy atom. The lowest BCUT2D eigenvalue weighted by molar-refractivity contribution is 0.0793. The Morgan fingerprint density at radius 3 is 2.59 bits per heavy atom. The maximum absolute atomic E-state index is 12.4. The van der Waals surface area contributed by atoms with E-state index < -0.39 is 0 Å². The van der Waals surface area contributed by atoms with Gasteiger partial charge in [-0.2, -0.15) is 0 Å². The molecule has 1 fully saturated rings. The summed E-state index contributed by atoms with van der Waals surface area (Å²) in [5, 5.41) is 3.30. The summed E-state index contributed by atoms with van der Waals surface area (Å²) in [5.74, 6) is 0.0753. The molecule has 114 valence electrons. The van der Waals surface area contributed by atoms with Crippen LogP contribution in [-0.4, -0.2) is 23.9 Å². The molecule has 3 rings (SSSR count). The zero-order chi connectivity index (χ0) is 15.5. The van der Waals surface area contributed by atoms with Gasteiger partial charge >= 0.3 is 0 Å². The number of anilines is 3. The molecule has 2 aromatic carbocycles. The number of amides is 1. The highest BCUT2D eigenvalue weighted by atomic mass is 16.2. The number of benzene rings is 2. The molecule has 4 heteroatoms. The lowest BCUT2D eigenvalue weighted by Crippen LogP contribution is -2.27. The van der Waals surface area contributed by atoms with Crippen molar-refractivity contribution in [3.63, 3.8) is 0 Å². The lowest BCUT2D eigenvalue weighted by Gasteiger charge is -2.16. The van der Waals surface area contributed by atoms with Gasteiger partial charge in [-0.25, -0.2) is 0 Å². The molecule has 1 amide bonds. The summed E-state index contributed by atoms with van der Waals surface area (Å²) >= 11 is 0. The van der Waals surface area contributed by atoms with Crippen LogP contribution in [-0.2, 0) is 0 Å². The van der Waals surface area contributed by atoms with Crippen molar-refractivity contribution in [2.45, 2.75) is 19.8 Å². The number of rotatable bonds is 3. The van der Waals surface area contributed by atoms with Crippen molar-refractivity contribution < 1.29 is 4.79 Å². The number of nitrogens with zero attached hydrogens (tertiary/aromatic N) is 1. The van der Waals surface area contributed by atoms with E-state index in [4.69, 9.17) is 5.73 Å². The number of nitrogens with two attached hydrogens (primary N) is 1. The zero-order valence-corrected chi connectivity index (χ0v) is 12.8. The number of likely N-dealkylation sites (tertiary alicyclic amines) is 1. The SMILES string of the molecule is Cc1cccc(Nc2ccc(C(=O)N3CCCC3)cc2N)c1. The van der Waals surface area contributed by atoms with Crippen LogP contribution < -0.4 is 11.1 Å². The first kappa shape index (κ1) is 14.4. The second kappa shape index (κ2) is 6.10. The number of hydrogen-bond donors (Lipinski definition) is 2. The number of hydrogen-bond acceptors (Lipinski definition) is 3. The minimum absolute atomic E-state index is 0.0753. The largest absolute Gasteiger partial charge is 0.397 e. The van der Waals surface area contributed by atoms with Gasteiger partial charge in [0.2, 0.25) is 0 Å². The topological polar surface area (TPSA) is 58.4 Å². The van der Waals surface area contributed by atoms with E-state index in [1.54, 1.807) is 6.07 Å². The fourth-order valence-electron chi connectivity index (χ4n) is 2.79. The van der Waals surface area contributed by atoms with Crippen molar-refractivity contribution in [2.24, 2.45) is 0 Å². The van der Waals surface area contributed by atoms with Crippen molar-refractivity contribution in [1.82, 2.24) is 4.90 Å². The van der Waals surface area contributed by atoms with Crippen LogP contribution in [0.15, 0.2) is 42.5 Å². The van der Waals surface area contributed by atoms with E-state index in [1.165, 1.54) is 5.56 Å². The molecule has 22 heavy (non-hydrogen) atoms. The normalized spacial score (nSPS) is 14.1. The summed E-state index contributed by atoms with van der Waals surface area (Å²) < 4.78 is 0. The summed E-state index contributed by atoms with van der Waals surface area (Å²) in [6.45, 7) is 3.75. The van der Waals surface area contributed by atoms with Crippen LogP contribution in [0.2, 0.25) is 0 Å². The van der Waals surface area contributed by atoms with Crippen LogP contribution in [0.1, 0.15) is 28.8 Å². The third-order valence-corrected chi connectivity index (χ3v) is 3.99. The minimum atomic E-state index is 0.0753. The number of nitrogens with one attached hydrogen (secondary N) is 1. The molecule has 1 heterocycles. The van der Waals surface area contributed by atoms with Gasteiger partial charge in [-0.1, -0.05) is 12.1 Å². The first-order chi connectivity index (χ1) is 10.6. The van der Waals surface area contributed by atoms with E-state index in [0.29, 0.717) is 11.3 Å². The molecular formula is C18H21N3O. The van der Waals surface area contributed by atoms with E-state index >= 15 is 0 Å². The van der Waals surface area contributed by atoms with Crippen molar-refractivity contribution in [3.8, 4) is 0 Å². The maximum Gasteiger partial charge on any atom is 0.253 e. The molecule has 3 N–H and O–H groups in total. The fourth-order valence-corrected chi connectivity index (χ4v) is 2.79. The van der Waals surface area contributed by atoms with Gasteiger partial charge in [-0.05, 0) is 55.7 Å². The molecule has 2 aromatic rings. The average Bonchev–Trinajstić information content (AvgIpc) is 3.03. The second-order valence-electron chi connectivity index (χ2n) is 5.80. The molecule has 0 unspecified atom stereocenters. The Bertz CT molecular complexity index is 690. The summed E-state index contributed by atoms with van der Waals surface area (Å²) in [5.41, 5.74) is 10.4. The van der Waals surface area contributed by atoms with Crippen LogP contribution >= 0.6 is 0 Å². The Morgan fingerprint density at radius 1 is 1.14 bits per heavy atom. The predicted molar refractivity (Wildman–Crippen MR) is 90.5 cm³/mol. The summed E-state index contributed by atoms with van der Waals surface area (Å²) in [7, 11) is 0. The van der Waals surface area contributed by atoms with E-state index in [2.05, 4.69) is 11.4 Å². The van der Waals surface area contributed by atoms with Crippen LogP contribution in [0.5, 0.6) is 0 Å². The van der Waals surface area contributed by atoms with E-state index in [0.717, 1.165) is 37.3 Å². The first-order valence-corrected chi connectivity index (χ1v) is 7.66. The molecule has 1 aliphatic heterocycles. The first-order valence-electron chi connectivity index (χ1n) is 7.66. The van der Waals surface area contributed by atoms with E-state index in [9.17, 15) is 4.79 Å². The molecule has 0 aliphatic carbocycles. The monoisotopic (exact) mass is 295 g/mol. The molecule has 1 saturated heterocycles. The van der Waals surface area contributed by atoms with Gasteiger partial charge in [-0.3, -0.25) is 4.79 Å². The quantitative estimate of drug-likeness (QED) is 0.851. The van der Waals surface area contributed by atoms with Gasteiger partial charge in [0.1, 0.15) is 0 Å². The minimum Gasteiger partial charge on any atom is -0.397 e. The van der Waals surface area contributed by atoms with Crippen LogP contribution in [0, 0.1) is 6.92 Å². The molecule has 0 bridgehead atoms. The molecule has 0 spiro atoms. The van der Waals surface area contributed by atoms with Gasteiger partial charge in [0.05, 0.1) is 11.4 Å². The zero-order valence-electron chi connectivity index (χ0n) is 12.8. The maximum atomic E-state index is 12.4. The van der Waals surface area contributed by atoms with Gasteiger partial charge in [-0.15, -0.1) is 0 Å². The molecule has 0 atom stereocenters. The summed E-state index contributed by atoms with van der Waals surface area (Å²) in [4.78, 5) is 14.3. The Balaban J connectivity index is 1.78. The highest BCUT2D eigenvalue weighted by molar-refractivity contribution is 5.96. The average molecular weight is 295 g/mol. The van der Waals surface area contributed by atoms with Crippen molar-refractivity contribution in [1.29, 1.82) is 0 Å². The van der Waals surface area contributed by atoms with Crippen molar-refractivity contribution in [2.75, 3.05) is 24.1 Å². The Hall–Kier alpha value is -2.49. The third kappa shape index (κ3) is 3.06. The van der Waals surface area contributed by atoms with Crippen LogP contribution in [0.3, 0.4) is 0 Å². The standard InChI is InChI=1S/C18H21N3O/c1-13-5-4-6-15(11-13)20-17-8-7-14(12-16(17)19)18(22)21-9-2-3-10-21/h4-8,11-12,20H,2-3,9-10,19H2,1H3. The molecular weight excluding hydrogens is 274 g/mol. The van der Waals surface area contributed by atoms with Crippen LogP contribution in [0.4, 0.5) is 17.1 Å². The predicted octanol–water partition coefficient (Wildman–Crippen LogP) is 3.56. The Labute approximate surface area is 130 Å². The lowest BCUT2D eigenvalue weighted by atomic mass is 10.1. The fraction of sp³-hybridized carbons (Fsp3) is 0.278. The second-order valence-corrected chi connectivity index (χ2v) is 5.80. The van der Waals surface area contributed by atoms with Gasteiger partial charge < -0.3 is 16.0 Å². The summed E-state index contributed by atoms with van der Waals surface area (Å²) in [6.07, 6.45) is 2.18. The molecule has 0 radical (unpaired) electrons. The number of aryl methyl sites for hydroxylation is 1. The Kier molecular flexibility index (Phi) is 4.00. The highest BCUT2D eigenvalue weighted by Gasteiger charge is 2.19. The van der Waals surface area contributed by atoms with Crippen molar-refractivity contribution in [3.05, 3.63) is 53.6 Å². The third-order valence-electron chi connectivity index (χ3n) is 3.99. The number of nitrogen functional groups attached to an aromatic ring is 1. The van der Waals surface area contributed by atoms with E-state index in [1.807, 2.05) is 42.2 Å². The number of carbonyl (C=O) groups excluding carboxylic acids is 1. The summed E-state index contributed by atoms with van der Waals surface area (Å²) in [6, 6.07) is 13.6. The molecule has 0 aromatic heterocycles.